The molecule has 0 atom stereocenters. The van der Waals surface area contributed by atoms with Crippen LogP contribution in [0.15, 0.2) is 41.2 Å². The van der Waals surface area contributed by atoms with Gasteiger partial charge < -0.3 is 19.8 Å². The summed E-state index contributed by atoms with van der Waals surface area (Å²) in [5.41, 5.74) is 4.53. The Morgan fingerprint density at radius 1 is 1.07 bits per heavy atom. The minimum atomic E-state index is -0.104. The molecule has 2 aromatic carbocycles. The molecule has 2 N–H and O–H groups in total. The zero-order valence-corrected chi connectivity index (χ0v) is 16.6. The molecule has 0 unspecified atom stereocenters. The molecule has 0 saturated heterocycles. The molecule has 4 rings (SSSR count). The molecular weight excluding hydrogens is 368 g/mol. The van der Waals surface area contributed by atoms with Gasteiger partial charge in [0.15, 0.2) is 11.5 Å². The number of rotatable bonds is 5. The molecule has 0 aliphatic carbocycles. The summed E-state index contributed by atoms with van der Waals surface area (Å²) in [6.45, 7) is 5.49. The largest absolute Gasteiger partial charge is 0.486 e. The van der Waals surface area contributed by atoms with Crippen molar-refractivity contribution < 1.29 is 14.3 Å². The number of fused-ring (bicyclic) bond motifs is 2. The number of pyridine rings is 1. The Balaban J connectivity index is 1.37. The molecule has 1 aromatic heterocycles. The third-order valence-corrected chi connectivity index (χ3v) is 5.32. The first-order valence-corrected chi connectivity index (χ1v) is 9.78. The van der Waals surface area contributed by atoms with Crippen LogP contribution in [0, 0.1) is 13.8 Å². The van der Waals surface area contributed by atoms with Crippen LogP contribution >= 0.6 is 0 Å². The quantitative estimate of drug-likeness (QED) is 0.700. The van der Waals surface area contributed by atoms with E-state index in [0.717, 1.165) is 27.6 Å². The number of benzene rings is 2. The number of hydrogen-bond donors (Lipinski definition) is 2. The van der Waals surface area contributed by atoms with E-state index in [9.17, 15) is 9.59 Å². The molecule has 1 aliphatic heterocycles. The monoisotopic (exact) mass is 392 g/mol. The van der Waals surface area contributed by atoms with Crippen molar-refractivity contribution in [3.05, 3.63) is 69.0 Å². The fraction of sp³-hybridized carbons (Fsp3) is 0.304. The fourth-order valence-corrected chi connectivity index (χ4v) is 3.54. The van der Waals surface area contributed by atoms with Gasteiger partial charge in [-0.2, -0.15) is 0 Å². The van der Waals surface area contributed by atoms with E-state index in [2.05, 4.69) is 16.4 Å². The lowest BCUT2D eigenvalue weighted by atomic mass is 10.0. The summed E-state index contributed by atoms with van der Waals surface area (Å²) in [6, 6.07) is 11.5. The molecule has 0 spiro atoms. The second kappa shape index (κ2) is 7.99. The lowest BCUT2D eigenvalue weighted by Gasteiger charge is -2.18. The van der Waals surface area contributed by atoms with E-state index in [1.807, 2.05) is 44.2 Å². The summed E-state index contributed by atoms with van der Waals surface area (Å²) in [7, 11) is 0. The van der Waals surface area contributed by atoms with Crippen molar-refractivity contribution in [3.8, 4) is 11.5 Å². The topological polar surface area (TPSA) is 80.4 Å². The van der Waals surface area contributed by atoms with Gasteiger partial charge in [0.2, 0.25) is 5.91 Å². The fourth-order valence-electron chi connectivity index (χ4n) is 3.54. The number of carbonyl (C=O) groups is 1. The zero-order valence-electron chi connectivity index (χ0n) is 16.6. The first kappa shape index (κ1) is 19.1. The normalized spacial score (nSPS) is 12.8. The van der Waals surface area contributed by atoms with E-state index in [1.165, 1.54) is 0 Å². The smallest absolute Gasteiger partial charge is 0.251 e. The molecule has 2 heterocycles. The van der Waals surface area contributed by atoms with Crippen molar-refractivity contribution in [1.82, 2.24) is 10.3 Å². The predicted octanol–water partition coefficient (Wildman–Crippen LogP) is 2.82. The van der Waals surface area contributed by atoms with Crippen LogP contribution in [0.4, 0.5) is 0 Å². The van der Waals surface area contributed by atoms with Crippen molar-refractivity contribution in [2.24, 2.45) is 0 Å². The molecule has 150 valence electrons. The van der Waals surface area contributed by atoms with Crippen LogP contribution in [0.3, 0.4) is 0 Å². The van der Waals surface area contributed by atoms with Gasteiger partial charge in [-0.25, -0.2) is 0 Å². The lowest BCUT2D eigenvalue weighted by Crippen LogP contribution is -2.28. The summed E-state index contributed by atoms with van der Waals surface area (Å²) < 4.78 is 11.0. The minimum Gasteiger partial charge on any atom is -0.486 e. The van der Waals surface area contributed by atoms with Crippen LogP contribution in [-0.4, -0.2) is 30.6 Å². The van der Waals surface area contributed by atoms with Gasteiger partial charge in [0.05, 0.1) is 11.9 Å². The first-order valence-electron chi connectivity index (χ1n) is 9.78. The van der Waals surface area contributed by atoms with Crippen LogP contribution in [0.2, 0.25) is 0 Å². The Hall–Kier alpha value is -3.28. The number of hydrogen-bond acceptors (Lipinski definition) is 4. The van der Waals surface area contributed by atoms with Gasteiger partial charge in [-0.15, -0.1) is 0 Å². The number of aromatic amines is 1. The molecule has 0 bridgehead atoms. The molecule has 1 amide bonds. The van der Waals surface area contributed by atoms with Gasteiger partial charge in [0.25, 0.3) is 5.56 Å². The molecule has 6 heteroatoms. The van der Waals surface area contributed by atoms with Gasteiger partial charge >= 0.3 is 0 Å². The molecule has 1 aliphatic rings. The average Bonchev–Trinajstić information content (AvgIpc) is 2.72. The number of H-pyrrole nitrogens is 1. The molecule has 0 fully saturated rings. The van der Waals surface area contributed by atoms with Crippen LogP contribution < -0.4 is 20.3 Å². The van der Waals surface area contributed by atoms with E-state index in [-0.39, 0.29) is 17.9 Å². The first-order chi connectivity index (χ1) is 14.0. The third-order valence-electron chi connectivity index (χ3n) is 5.32. The van der Waals surface area contributed by atoms with Crippen molar-refractivity contribution in [1.29, 1.82) is 0 Å². The highest BCUT2D eigenvalue weighted by atomic mass is 16.6. The van der Waals surface area contributed by atoms with Crippen LogP contribution in [0.5, 0.6) is 11.5 Å². The number of nitrogens with one attached hydrogen (secondary N) is 2. The highest BCUT2D eigenvalue weighted by Gasteiger charge is 2.13. The van der Waals surface area contributed by atoms with E-state index in [1.54, 1.807) is 0 Å². The van der Waals surface area contributed by atoms with Gasteiger partial charge in [0.1, 0.15) is 13.2 Å². The highest BCUT2D eigenvalue weighted by Crippen LogP contribution is 2.30. The summed E-state index contributed by atoms with van der Waals surface area (Å²) in [6.07, 6.45) is 0.730. The van der Waals surface area contributed by atoms with Gasteiger partial charge in [0, 0.05) is 12.1 Å². The Morgan fingerprint density at radius 2 is 1.86 bits per heavy atom. The van der Waals surface area contributed by atoms with Crippen molar-refractivity contribution >= 4 is 16.8 Å². The molecule has 0 saturated carbocycles. The highest BCUT2D eigenvalue weighted by molar-refractivity contribution is 5.83. The molecule has 29 heavy (non-hydrogen) atoms. The minimum absolute atomic E-state index is 0.0923. The standard InChI is InChI=1S/C23H24N2O4/c1-14-3-5-17-13-18(23(27)25-22(17)15(14)2)7-8-24-21(26)12-16-4-6-19-20(11-16)29-10-9-28-19/h3-6,11,13H,7-10,12H2,1-2H3,(H,24,26)(H,25,27). The van der Waals surface area contributed by atoms with Gasteiger partial charge in [-0.05, 0) is 60.5 Å². The maximum absolute atomic E-state index is 12.4. The van der Waals surface area contributed by atoms with E-state index in [4.69, 9.17) is 9.47 Å². The summed E-state index contributed by atoms with van der Waals surface area (Å²) in [5.74, 6) is 1.29. The third kappa shape index (κ3) is 4.11. The molecule has 3 aromatic rings. The second-order valence-corrected chi connectivity index (χ2v) is 7.35. The predicted molar refractivity (Wildman–Crippen MR) is 112 cm³/mol. The lowest BCUT2D eigenvalue weighted by molar-refractivity contribution is -0.120. The van der Waals surface area contributed by atoms with Crippen molar-refractivity contribution in [2.75, 3.05) is 19.8 Å². The molecule has 6 nitrogen and oxygen atoms in total. The van der Waals surface area contributed by atoms with Crippen LogP contribution in [0.1, 0.15) is 22.3 Å². The molecular formula is C23H24N2O4. The van der Waals surface area contributed by atoms with E-state index < -0.39 is 0 Å². The van der Waals surface area contributed by atoms with Crippen LogP contribution in [-0.2, 0) is 17.6 Å². The number of aryl methyl sites for hydroxylation is 2. The van der Waals surface area contributed by atoms with Crippen molar-refractivity contribution in [3.63, 3.8) is 0 Å². The average molecular weight is 392 g/mol. The number of aromatic nitrogens is 1. The molecule has 0 radical (unpaired) electrons. The van der Waals surface area contributed by atoms with Crippen molar-refractivity contribution in [2.45, 2.75) is 26.7 Å². The maximum Gasteiger partial charge on any atom is 0.251 e. The Kier molecular flexibility index (Phi) is 5.25. The summed E-state index contributed by atoms with van der Waals surface area (Å²) in [4.78, 5) is 27.7. The maximum atomic E-state index is 12.4. The Labute approximate surface area is 168 Å². The second-order valence-electron chi connectivity index (χ2n) is 7.35. The Bertz CT molecular complexity index is 1130. The summed E-state index contributed by atoms with van der Waals surface area (Å²) in [5, 5.41) is 3.90. The van der Waals surface area contributed by atoms with E-state index in [0.29, 0.717) is 43.2 Å². The summed E-state index contributed by atoms with van der Waals surface area (Å²) >= 11 is 0. The van der Waals surface area contributed by atoms with E-state index >= 15 is 0 Å². The van der Waals surface area contributed by atoms with Gasteiger partial charge in [-0.1, -0.05) is 18.2 Å². The Morgan fingerprint density at radius 3 is 2.69 bits per heavy atom. The SMILES string of the molecule is Cc1ccc2cc(CCNC(=O)Cc3ccc4c(c3)OCCO4)c(=O)[nH]c2c1C. The number of ether oxygens (including phenoxy) is 2. The zero-order chi connectivity index (χ0) is 20.4. The number of amides is 1. The van der Waals surface area contributed by atoms with Gasteiger partial charge in [-0.3, -0.25) is 9.59 Å². The number of carbonyl (C=O) groups excluding carboxylic acids is 1. The van der Waals surface area contributed by atoms with Crippen LogP contribution in [0.25, 0.3) is 10.9 Å².